The zero-order chi connectivity index (χ0) is 64.2. The molecule has 2 atom stereocenters. The fourth-order valence-corrected chi connectivity index (χ4v) is 15.1. The van der Waals surface area contributed by atoms with E-state index in [0.29, 0.717) is 89.6 Å². The average molecular weight is 1340 g/mol. The van der Waals surface area contributed by atoms with Crippen molar-refractivity contribution in [2.75, 3.05) is 45.2 Å². The highest BCUT2D eigenvalue weighted by Crippen LogP contribution is 2.39. The third-order valence-electron chi connectivity index (χ3n) is 14.4. The lowest BCUT2D eigenvalue weighted by molar-refractivity contribution is -0.143. The molecule has 1 aromatic carbocycles. The van der Waals surface area contributed by atoms with Crippen LogP contribution in [0.4, 0.5) is 10.6 Å². The van der Waals surface area contributed by atoms with Crippen molar-refractivity contribution in [3.8, 4) is 43.4 Å². The Balaban J connectivity index is 0.991. The van der Waals surface area contributed by atoms with Crippen LogP contribution in [0.3, 0.4) is 0 Å². The van der Waals surface area contributed by atoms with Crippen LogP contribution in [0.2, 0.25) is 0 Å². The molecule has 8 aromatic rings. The molecule has 31 heteroatoms. The predicted molar refractivity (Wildman–Crippen MR) is 344 cm³/mol. The minimum absolute atomic E-state index is 0.0197. The van der Waals surface area contributed by atoms with Crippen molar-refractivity contribution in [3.63, 3.8) is 0 Å². The topological polar surface area (TPSA) is 357 Å². The van der Waals surface area contributed by atoms with E-state index >= 15 is 0 Å². The number of aliphatic carboxylic acids is 2. The molecular formula is C59H64N14O11S6. The highest BCUT2D eigenvalue weighted by atomic mass is 32.1. The number of carboxylic acids is 2. The van der Waals surface area contributed by atoms with Gasteiger partial charge in [-0.1, -0.05) is 44.2 Å². The molecule has 8 N–H and O–H groups in total. The lowest BCUT2D eigenvalue weighted by Crippen LogP contribution is -2.48. The third kappa shape index (κ3) is 16.5. The van der Waals surface area contributed by atoms with Gasteiger partial charge in [-0.25, -0.2) is 39.7 Å². The van der Waals surface area contributed by atoms with Gasteiger partial charge in [0.1, 0.15) is 65.0 Å². The maximum absolute atomic E-state index is 14.4. The summed E-state index contributed by atoms with van der Waals surface area (Å²) < 4.78 is 5.32. The molecule has 90 heavy (non-hydrogen) atoms. The van der Waals surface area contributed by atoms with Gasteiger partial charge in [-0.2, -0.15) is 0 Å². The number of thiazole rings is 6. The molecule has 8 heterocycles. The maximum Gasteiger partial charge on any atom is 0.325 e. The molecule has 1 saturated heterocycles. The van der Waals surface area contributed by atoms with Gasteiger partial charge in [-0.05, 0) is 62.6 Å². The number of carboxylic acid groups (broad SMARTS) is 2. The van der Waals surface area contributed by atoms with Crippen molar-refractivity contribution in [3.05, 3.63) is 111 Å². The van der Waals surface area contributed by atoms with Crippen LogP contribution in [0.25, 0.3) is 43.4 Å². The second kappa shape index (κ2) is 30.5. The number of carbonyl (C=O) groups is 8. The van der Waals surface area contributed by atoms with Crippen LogP contribution in [-0.4, -0.2) is 138 Å². The van der Waals surface area contributed by atoms with Gasteiger partial charge in [0, 0.05) is 78.6 Å². The number of primary amides is 1. The first kappa shape index (κ1) is 66.1. The van der Waals surface area contributed by atoms with E-state index in [1.165, 1.54) is 70.0 Å². The number of pyridine rings is 1. The number of rotatable bonds is 28. The Hall–Kier alpha value is -8.33. The molecular weight excluding hydrogens is 1270 g/mol. The lowest BCUT2D eigenvalue weighted by Gasteiger charge is -2.34. The summed E-state index contributed by atoms with van der Waals surface area (Å²) in [5, 5.41) is 40.3. The first-order chi connectivity index (χ1) is 43.3. The van der Waals surface area contributed by atoms with Gasteiger partial charge >= 0.3 is 18.0 Å². The Morgan fingerprint density at radius 1 is 0.744 bits per heavy atom. The Kier molecular flexibility index (Phi) is 22.4. The van der Waals surface area contributed by atoms with Crippen molar-refractivity contribution in [2.24, 2.45) is 17.6 Å². The van der Waals surface area contributed by atoms with Gasteiger partial charge in [0.2, 0.25) is 11.8 Å². The molecule has 0 radical (unpaired) electrons. The van der Waals surface area contributed by atoms with Crippen LogP contribution in [0, 0.1) is 18.8 Å². The SMILES string of the molecule is CNC(=O)C[C@H](NC(=O)c1csc(-c2ccc(-c3nc(N(CCCCC(=O)O)C(=O)N4CCC(C(=O)O)CC4)cs3)nc2-c2csc(-c3csc(CCc4ccccc4)n3)n2)n1)c1nc(C(=O)NC(c2nc(C(=O)NCC(N)=O)c(COC)s2)C(C)C)c(C)s1. The molecule has 1 aliphatic rings. The summed E-state index contributed by atoms with van der Waals surface area (Å²) in [5.41, 5.74) is 9.13. The number of hydrogen-bond acceptors (Lipinski definition) is 22. The molecule has 0 saturated carbocycles. The summed E-state index contributed by atoms with van der Waals surface area (Å²) in [6, 6.07) is 11.7. The zero-order valence-corrected chi connectivity index (χ0v) is 54.4. The van der Waals surface area contributed by atoms with Gasteiger partial charge in [0.05, 0.1) is 53.2 Å². The first-order valence-corrected chi connectivity index (χ1v) is 33.7. The van der Waals surface area contributed by atoms with Crippen molar-refractivity contribution in [2.45, 2.75) is 90.8 Å². The van der Waals surface area contributed by atoms with E-state index in [0.717, 1.165) is 29.2 Å². The standard InChI is InChI=1S/C59H64N14O11S6/c1-30(2)46(57-71-49(40(90-57)25-84-5)51(79)62-24-41(60)74)69-52(80)47-31(3)89-56(70-47)36(23-43(75)61-4)65-50(78)38-27-86-53(67-38)34-15-16-35(64-48(34)37-26-87-55(66-37)39-28-85-44(63-39)17-14-32-11-7-6-8-12-32)54-68-42(29-88-54)73(20-10-9-13-45(76)77)59(83)72-21-18-33(19-22-72)58(81)82/h6-8,11-12,15-16,26-30,33,36,46H,9-10,13-14,17-25H2,1-5H3,(H2,60,74)(H,61,75)(H,62,79)(H,65,78)(H,69,80)(H,76,77)(H,81,82)/t36-,46?/m0/s1. The fourth-order valence-electron chi connectivity index (χ4n) is 9.60. The number of urea groups is 1. The molecule has 0 spiro atoms. The Labute approximate surface area is 540 Å². The third-order valence-corrected chi connectivity index (χ3v) is 20.1. The van der Waals surface area contributed by atoms with Gasteiger partial charge in [-0.3, -0.25) is 38.5 Å². The second-order valence-corrected chi connectivity index (χ2v) is 27.0. The number of aryl methyl sites for hydroxylation is 3. The number of piperidine rings is 1. The Morgan fingerprint density at radius 3 is 2.18 bits per heavy atom. The van der Waals surface area contributed by atoms with Gasteiger partial charge in [-0.15, -0.1) is 68.0 Å². The van der Waals surface area contributed by atoms with E-state index in [1.54, 1.807) is 40.0 Å². The highest BCUT2D eigenvalue weighted by Gasteiger charge is 2.33. The van der Waals surface area contributed by atoms with E-state index in [4.69, 9.17) is 35.4 Å². The molecule has 0 bridgehead atoms. The van der Waals surface area contributed by atoms with E-state index in [9.17, 15) is 48.6 Å². The number of nitrogens with zero attached hydrogens (tertiary/aromatic N) is 9. The van der Waals surface area contributed by atoms with Crippen LogP contribution >= 0.6 is 68.0 Å². The summed E-state index contributed by atoms with van der Waals surface area (Å²) in [6.45, 7) is 5.73. The van der Waals surface area contributed by atoms with Gasteiger partial charge in [0.25, 0.3) is 17.7 Å². The summed E-state index contributed by atoms with van der Waals surface area (Å²) in [7, 11) is 2.93. The van der Waals surface area contributed by atoms with E-state index < -0.39 is 66.0 Å². The number of unbranched alkanes of at least 4 members (excludes halogenated alkanes) is 1. The number of ether oxygens (including phenoxy) is 1. The van der Waals surface area contributed by atoms with Crippen LogP contribution in [0.5, 0.6) is 0 Å². The minimum Gasteiger partial charge on any atom is -0.481 e. The Bertz CT molecular complexity index is 3900. The zero-order valence-electron chi connectivity index (χ0n) is 49.5. The second-order valence-electron chi connectivity index (χ2n) is 21.1. The molecule has 1 aliphatic heterocycles. The summed E-state index contributed by atoms with van der Waals surface area (Å²) in [5.74, 6) is -5.28. The van der Waals surface area contributed by atoms with E-state index in [2.05, 4.69) is 43.4 Å². The van der Waals surface area contributed by atoms with Crippen LogP contribution < -0.4 is 31.9 Å². The monoisotopic (exact) mass is 1340 g/mol. The van der Waals surface area contributed by atoms with Crippen molar-refractivity contribution in [1.29, 1.82) is 0 Å². The number of nitrogens with two attached hydrogens (primary N) is 1. The van der Waals surface area contributed by atoms with Crippen molar-refractivity contribution >= 4 is 121 Å². The normalized spacial score (nSPS) is 13.2. The number of nitrogens with one attached hydrogen (secondary N) is 4. The largest absolute Gasteiger partial charge is 0.481 e. The van der Waals surface area contributed by atoms with E-state index in [-0.39, 0.29) is 73.1 Å². The number of aromatic nitrogens is 7. The van der Waals surface area contributed by atoms with Crippen molar-refractivity contribution < 1.29 is 53.3 Å². The molecule has 1 fully saturated rings. The van der Waals surface area contributed by atoms with E-state index in [1.807, 2.05) is 48.9 Å². The molecule has 9 rings (SSSR count). The number of carbonyl (C=O) groups excluding carboxylic acids is 6. The van der Waals surface area contributed by atoms with Crippen molar-refractivity contribution in [1.82, 2.24) is 61.1 Å². The summed E-state index contributed by atoms with van der Waals surface area (Å²) >= 11 is 7.68. The fraction of sp³-hybridized carbons (Fsp3) is 0.373. The molecule has 7 amide bonds. The minimum atomic E-state index is -1.01. The van der Waals surface area contributed by atoms with Gasteiger partial charge in [0.15, 0.2) is 0 Å². The Morgan fingerprint density at radius 2 is 1.47 bits per heavy atom. The summed E-state index contributed by atoms with van der Waals surface area (Å²) in [6.07, 6.45) is 2.56. The van der Waals surface area contributed by atoms with Crippen LogP contribution in [0.15, 0.2) is 64.0 Å². The first-order valence-electron chi connectivity index (χ1n) is 28.5. The molecule has 1 unspecified atom stereocenters. The van der Waals surface area contributed by atoms with Gasteiger partial charge < -0.3 is 46.9 Å². The van der Waals surface area contributed by atoms with Crippen LogP contribution in [-0.2, 0) is 43.4 Å². The number of methoxy groups -OCH3 is 1. The molecule has 25 nitrogen and oxygen atoms in total. The number of anilines is 1. The number of benzene rings is 1. The number of amides is 7. The lowest BCUT2D eigenvalue weighted by atomic mass is 9.97. The molecule has 0 aliphatic carbocycles. The average Bonchev–Trinajstić information content (AvgIpc) is 1.63. The number of hydrogen-bond donors (Lipinski definition) is 7. The van der Waals surface area contributed by atoms with Crippen LogP contribution in [0.1, 0.15) is 126 Å². The highest BCUT2D eigenvalue weighted by molar-refractivity contribution is 7.15. The molecule has 7 aromatic heterocycles. The predicted octanol–water partition coefficient (Wildman–Crippen LogP) is 8.66. The quantitative estimate of drug-likeness (QED) is 0.0225. The number of likely N-dealkylation sites (tertiary alicyclic amines) is 1. The summed E-state index contributed by atoms with van der Waals surface area (Å²) in [4.78, 5) is 142. The maximum atomic E-state index is 14.4. The smallest absolute Gasteiger partial charge is 0.325 e. The molecule has 472 valence electrons.